The molecular weight excluding hydrogens is 375 g/mol. The van der Waals surface area contributed by atoms with Crippen LogP contribution in [0.5, 0.6) is 11.6 Å². The van der Waals surface area contributed by atoms with E-state index in [4.69, 9.17) is 4.74 Å². The van der Waals surface area contributed by atoms with Crippen LogP contribution in [0.25, 0.3) is 0 Å². The zero-order valence-electron chi connectivity index (χ0n) is 15.7. The minimum atomic E-state index is -0.327. The van der Waals surface area contributed by atoms with Gasteiger partial charge < -0.3 is 15.4 Å². The molecule has 0 radical (unpaired) electrons. The van der Waals surface area contributed by atoms with Gasteiger partial charge in [0.25, 0.3) is 5.91 Å². The molecule has 0 spiro atoms. The first-order chi connectivity index (χ1) is 14.2. The zero-order chi connectivity index (χ0) is 20.1. The second-order valence-corrected chi connectivity index (χ2v) is 6.81. The van der Waals surface area contributed by atoms with Gasteiger partial charge in [-0.2, -0.15) is 0 Å². The minimum absolute atomic E-state index is 0.281. The Morgan fingerprint density at radius 2 is 2.00 bits per heavy atom. The van der Waals surface area contributed by atoms with Crippen LogP contribution in [0.15, 0.2) is 48.8 Å². The molecule has 0 unspecified atom stereocenters. The molecule has 0 atom stereocenters. The highest BCUT2D eigenvalue weighted by Gasteiger charge is 2.18. The summed E-state index contributed by atoms with van der Waals surface area (Å²) in [6, 6.07) is 9.48. The average molecular weight is 396 g/mol. The molecule has 1 saturated heterocycles. The predicted molar refractivity (Wildman–Crippen MR) is 103 cm³/mol. The highest BCUT2D eigenvalue weighted by Crippen LogP contribution is 2.20. The molecule has 1 fully saturated rings. The molecule has 8 nitrogen and oxygen atoms in total. The maximum atomic E-state index is 12.9. The van der Waals surface area contributed by atoms with Gasteiger partial charge in [0.1, 0.15) is 11.6 Å². The molecule has 3 heterocycles. The Morgan fingerprint density at radius 3 is 2.72 bits per heavy atom. The second-order valence-electron chi connectivity index (χ2n) is 6.81. The lowest BCUT2D eigenvalue weighted by atomic mass is 10.1. The molecule has 0 saturated carbocycles. The molecule has 2 aromatic heterocycles. The first-order valence-electron chi connectivity index (χ1n) is 9.46. The summed E-state index contributed by atoms with van der Waals surface area (Å²) in [7, 11) is 0. The van der Waals surface area contributed by atoms with Crippen LogP contribution in [0.4, 0.5) is 4.39 Å². The molecule has 0 bridgehead atoms. The van der Waals surface area contributed by atoms with Crippen molar-refractivity contribution in [1.29, 1.82) is 0 Å². The van der Waals surface area contributed by atoms with E-state index in [0.29, 0.717) is 23.9 Å². The normalized spacial score (nSPS) is 14.5. The fraction of sp³-hybridized carbons (Fsp3) is 0.300. The number of benzene rings is 1. The summed E-state index contributed by atoms with van der Waals surface area (Å²) in [5.74, 6) is 0.275. The highest BCUT2D eigenvalue weighted by atomic mass is 19.1. The number of amides is 1. The first kappa shape index (κ1) is 19.0. The van der Waals surface area contributed by atoms with Gasteiger partial charge in [-0.25, -0.2) is 14.1 Å². The lowest BCUT2D eigenvalue weighted by Gasteiger charge is -2.22. The third-order valence-electron chi connectivity index (χ3n) is 4.71. The number of hydrogen-bond donors (Lipinski definition) is 2. The van der Waals surface area contributed by atoms with Crippen molar-refractivity contribution >= 4 is 5.91 Å². The number of nitrogens with zero attached hydrogens (tertiary/aromatic N) is 4. The third kappa shape index (κ3) is 4.94. The van der Waals surface area contributed by atoms with E-state index in [2.05, 4.69) is 25.9 Å². The molecule has 2 N–H and O–H groups in total. The van der Waals surface area contributed by atoms with Crippen LogP contribution in [0.1, 0.15) is 34.9 Å². The summed E-state index contributed by atoms with van der Waals surface area (Å²) >= 11 is 0. The molecule has 9 heteroatoms. The molecule has 1 aliphatic rings. The molecule has 4 rings (SSSR count). The van der Waals surface area contributed by atoms with Gasteiger partial charge in [-0.15, -0.1) is 5.10 Å². The van der Waals surface area contributed by atoms with E-state index >= 15 is 0 Å². The molecule has 1 amide bonds. The quantitative estimate of drug-likeness (QED) is 0.665. The Labute approximate surface area is 167 Å². The van der Waals surface area contributed by atoms with Crippen LogP contribution in [-0.2, 0) is 6.54 Å². The summed E-state index contributed by atoms with van der Waals surface area (Å²) in [6.07, 6.45) is 5.26. The molecular formula is C20H21FN6O2. The van der Waals surface area contributed by atoms with Gasteiger partial charge in [-0.1, -0.05) is 11.3 Å². The fourth-order valence-electron chi connectivity index (χ4n) is 3.10. The Bertz CT molecular complexity index is 952. The van der Waals surface area contributed by atoms with Crippen molar-refractivity contribution in [3.63, 3.8) is 0 Å². The van der Waals surface area contributed by atoms with E-state index in [-0.39, 0.29) is 17.8 Å². The van der Waals surface area contributed by atoms with Gasteiger partial charge in [-0.3, -0.25) is 4.79 Å². The van der Waals surface area contributed by atoms with E-state index < -0.39 is 0 Å². The van der Waals surface area contributed by atoms with Crippen LogP contribution in [0, 0.1) is 5.82 Å². The van der Waals surface area contributed by atoms with Crippen LogP contribution in [0.2, 0.25) is 0 Å². The minimum Gasteiger partial charge on any atom is -0.439 e. The highest BCUT2D eigenvalue weighted by molar-refractivity contribution is 5.91. The standard InChI is InChI=1S/C20H21FN6O2/c21-15-2-4-17(5-3-15)29-19-6-1-14(11-23-19)12-24-20(28)18-13-27(26-25-18)16-7-9-22-10-8-16/h1-6,11,13,16,22H,7-10,12H2,(H,24,28). The van der Waals surface area contributed by atoms with Crippen LogP contribution >= 0.6 is 0 Å². The summed E-state index contributed by atoms with van der Waals surface area (Å²) in [4.78, 5) is 16.5. The molecule has 0 aliphatic carbocycles. The Morgan fingerprint density at radius 1 is 1.21 bits per heavy atom. The van der Waals surface area contributed by atoms with Crippen molar-refractivity contribution in [2.24, 2.45) is 0 Å². The van der Waals surface area contributed by atoms with Crippen molar-refractivity contribution in [3.8, 4) is 11.6 Å². The largest absolute Gasteiger partial charge is 0.439 e. The number of rotatable bonds is 6. The van der Waals surface area contributed by atoms with E-state index in [0.717, 1.165) is 31.5 Å². The maximum absolute atomic E-state index is 12.9. The zero-order valence-corrected chi connectivity index (χ0v) is 15.7. The first-order valence-corrected chi connectivity index (χ1v) is 9.46. The van der Waals surface area contributed by atoms with Crippen LogP contribution < -0.4 is 15.4 Å². The van der Waals surface area contributed by atoms with Gasteiger partial charge in [-0.05, 0) is 55.8 Å². The third-order valence-corrected chi connectivity index (χ3v) is 4.71. The molecule has 1 aliphatic heterocycles. The van der Waals surface area contributed by atoms with Gasteiger partial charge in [0.2, 0.25) is 5.88 Å². The Balaban J connectivity index is 1.30. The molecule has 150 valence electrons. The number of hydrogen-bond acceptors (Lipinski definition) is 6. The van der Waals surface area contributed by atoms with Crippen molar-refractivity contribution in [3.05, 3.63) is 65.9 Å². The molecule has 1 aromatic carbocycles. The van der Waals surface area contributed by atoms with E-state index in [1.165, 1.54) is 24.3 Å². The number of piperidine rings is 1. The number of halogens is 1. The Kier molecular flexibility index (Phi) is 5.76. The summed E-state index contributed by atoms with van der Waals surface area (Å²) in [6.45, 7) is 2.20. The van der Waals surface area contributed by atoms with Gasteiger partial charge in [0, 0.05) is 18.8 Å². The smallest absolute Gasteiger partial charge is 0.273 e. The summed E-state index contributed by atoms with van der Waals surface area (Å²) in [5, 5.41) is 14.2. The number of carbonyl (C=O) groups excluding carboxylic acids is 1. The fourth-order valence-corrected chi connectivity index (χ4v) is 3.10. The van der Waals surface area contributed by atoms with E-state index in [1.54, 1.807) is 29.2 Å². The van der Waals surface area contributed by atoms with Crippen LogP contribution in [0.3, 0.4) is 0 Å². The topological polar surface area (TPSA) is 94.0 Å². The number of carbonyl (C=O) groups is 1. The van der Waals surface area contributed by atoms with Gasteiger partial charge >= 0.3 is 0 Å². The van der Waals surface area contributed by atoms with Crippen molar-refractivity contribution in [2.45, 2.75) is 25.4 Å². The van der Waals surface area contributed by atoms with Crippen LogP contribution in [-0.4, -0.2) is 39.0 Å². The summed E-state index contributed by atoms with van der Waals surface area (Å²) < 4.78 is 20.3. The van der Waals surface area contributed by atoms with Gasteiger partial charge in [0.15, 0.2) is 5.69 Å². The number of nitrogens with one attached hydrogen (secondary N) is 2. The number of pyridine rings is 1. The lowest BCUT2D eigenvalue weighted by Crippen LogP contribution is -2.29. The monoisotopic (exact) mass is 396 g/mol. The molecule has 29 heavy (non-hydrogen) atoms. The van der Waals surface area contributed by atoms with Crippen molar-refractivity contribution in [1.82, 2.24) is 30.6 Å². The average Bonchev–Trinajstić information content (AvgIpc) is 3.26. The number of aromatic nitrogens is 4. The van der Waals surface area contributed by atoms with E-state index in [1.807, 2.05) is 0 Å². The lowest BCUT2D eigenvalue weighted by molar-refractivity contribution is 0.0945. The molecule has 3 aromatic rings. The number of ether oxygens (including phenoxy) is 1. The SMILES string of the molecule is O=C(NCc1ccc(Oc2ccc(F)cc2)nc1)c1cn(C2CCNCC2)nn1. The second kappa shape index (κ2) is 8.78. The van der Waals surface area contributed by atoms with E-state index in [9.17, 15) is 9.18 Å². The Hall–Kier alpha value is -3.33. The predicted octanol–water partition coefficient (Wildman–Crippen LogP) is 2.46. The van der Waals surface area contributed by atoms with Crippen molar-refractivity contribution in [2.75, 3.05) is 13.1 Å². The maximum Gasteiger partial charge on any atom is 0.273 e. The summed E-state index contributed by atoms with van der Waals surface area (Å²) in [5.41, 5.74) is 1.11. The van der Waals surface area contributed by atoms with Gasteiger partial charge in [0.05, 0.1) is 12.2 Å². The van der Waals surface area contributed by atoms with Crippen molar-refractivity contribution < 1.29 is 13.9 Å².